The standard InChI is InChI=1S/C26H29NO4/c1-19(2)24-13-6-7-14-25(24)31-18-22(28)17-30-23-12-8-11-21(15-23)26(29)27-16-20-9-4-3-5-10-20/h3-15,19,22,28H,16-18H2,1-2H3,(H,27,29)/t22-/m0/s1. The first-order chi connectivity index (χ1) is 15.0. The minimum Gasteiger partial charge on any atom is -0.491 e. The number of rotatable bonds is 10. The highest BCUT2D eigenvalue weighted by atomic mass is 16.5. The SMILES string of the molecule is CC(C)c1ccccc1OC[C@@H](O)COc1cccc(C(=O)NCc2ccccc2)c1. The molecule has 0 radical (unpaired) electrons. The van der Waals surface area contributed by atoms with Gasteiger partial charge in [0.05, 0.1) is 0 Å². The van der Waals surface area contributed by atoms with Crippen LogP contribution in [0.15, 0.2) is 78.9 Å². The van der Waals surface area contributed by atoms with Crippen molar-refractivity contribution in [3.05, 3.63) is 95.6 Å². The van der Waals surface area contributed by atoms with Crippen molar-refractivity contribution in [1.82, 2.24) is 5.32 Å². The number of carbonyl (C=O) groups excluding carboxylic acids is 1. The van der Waals surface area contributed by atoms with Gasteiger partial charge in [0.1, 0.15) is 30.8 Å². The molecule has 1 atom stereocenters. The van der Waals surface area contributed by atoms with E-state index >= 15 is 0 Å². The number of ether oxygens (including phenoxy) is 2. The van der Waals surface area contributed by atoms with E-state index in [-0.39, 0.29) is 19.1 Å². The minimum absolute atomic E-state index is 0.0684. The summed E-state index contributed by atoms with van der Waals surface area (Å²) in [6.45, 7) is 4.86. The Hall–Kier alpha value is -3.31. The molecule has 1 amide bonds. The van der Waals surface area contributed by atoms with Crippen LogP contribution in [0, 0.1) is 0 Å². The van der Waals surface area contributed by atoms with Crippen molar-refractivity contribution in [2.24, 2.45) is 0 Å². The molecule has 162 valence electrons. The zero-order valence-electron chi connectivity index (χ0n) is 18.0. The van der Waals surface area contributed by atoms with Crippen molar-refractivity contribution in [1.29, 1.82) is 0 Å². The van der Waals surface area contributed by atoms with Gasteiger partial charge in [-0.1, -0.05) is 68.4 Å². The zero-order chi connectivity index (χ0) is 22.1. The number of para-hydroxylation sites is 1. The van der Waals surface area contributed by atoms with Crippen LogP contribution in [0.3, 0.4) is 0 Å². The van der Waals surface area contributed by atoms with Gasteiger partial charge in [-0.3, -0.25) is 4.79 Å². The first-order valence-corrected chi connectivity index (χ1v) is 10.5. The molecule has 31 heavy (non-hydrogen) atoms. The molecule has 0 aliphatic heterocycles. The molecule has 0 aliphatic rings. The molecule has 0 unspecified atom stereocenters. The summed E-state index contributed by atoms with van der Waals surface area (Å²) in [5.41, 5.74) is 2.64. The van der Waals surface area contributed by atoms with Crippen LogP contribution in [0.4, 0.5) is 0 Å². The number of hydrogen-bond acceptors (Lipinski definition) is 4. The monoisotopic (exact) mass is 419 g/mol. The van der Waals surface area contributed by atoms with E-state index in [1.807, 2.05) is 54.6 Å². The summed E-state index contributed by atoms with van der Waals surface area (Å²) in [6, 6.07) is 24.5. The van der Waals surface area contributed by atoms with Gasteiger partial charge < -0.3 is 19.9 Å². The van der Waals surface area contributed by atoms with Crippen molar-refractivity contribution in [2.75, 3.05) is 13.2 Å². The van der Waals surface area contributed by atoms with Crippen molar-refractivity contribution in [3.63, 3.8) is 0 Å². The highest BCUT2D eigenvalue weighted by Gasteiger charge is 2.12. The molecule has 0 aliphatic carbocycles. The number of hydrogen-bond donors (Lipinski definition) is 2. The van der Waals surface area contributed by atoms with Crippen molar-refractivity contribution >= 4 is 5.91 Å². The molecule has 0 heterocycles. The maximum Gasteiger partial charge on any atom is 0.251 e. The molecular weight excluding hydrogens is 390 g/mol. The number of benzene rings is 3. The number of amides is 1. The lowest BCUT2D eigenvalue weighted by Crippen LogP contribution is -2.25. The summed E-state index contributed by atoms with van der Waals surface area (Å²) in [5.74, 6) is 1.45. The van der Waals surface area contributed by atoms with Crippen molar-refractivity contribution in [3.8, 4) is 11.5 Å². The van der Waals surface area contributed by atoms with E-state index in [0.717, 1.165) is 16.9 Å². The second-order valence-electron chi connectivity index (χ2n) is 7.66. The van der Waals surface area contributed by atoms with Gasteiger partial charge in [-0.05, 0) is 41.3 Å². The molecule has 0 aromatic heterocycles. The predicted molar refractivity (Wildman–Crippen MR) is 122 cm³/mol. The molecule has 5 heteroatoms. The van der Waals surface area contributed by atoms with Gasteiger partial charge in [-0.15, -0.1) is 0 Å². The van der Waals surface area contributed by atoms with E-state index in [9.17, 15) is 9.90 Å². The van der Waals surface area contributed by atoms with Crippen LogP contribution < -0.4 is 14.8 Å². The van der Waals surface area contributed by atoms with Crippen LogP contribution >= 0.6 is 0 Å². The van der Waals surface area contributed by atoms with E-state index in [0.29, 0.717) is 23.8 Å². The number of nitrogens with one attached hydrogen (secondary N) is 1. The topological polar surface area (TPSA) is 67.8 Å². The van der Waals surface area contributed by atoms with Crippen molar-refractivity contribution < 1.29 is 19.4 Å². The Morgan fingerprint density at radius 1 is 0.903 bits per heavy atom. The van der Waals surface area contributed by atoms with Crippen molar-refractivity contribution in [2.45, 2.75) is 32.4 Å². The molecule has 2 N–H and O–H groups in total. The smallest absolute Gasteiger partial charge is 0.251 e. The Morgan fingerprint density at radius 2 is 1.61 bits per heavy atom. The molecule has 0 saturated heterocycles. The number of aliphatic hydroxyl groups excluding tert-OH is 1. The van der Waals surface area contributed by atoms with E-state index < -0.39 is 6.10 Å². The fourth-order valence-corrected chi connectivity index (χ4v) is 3.12. The van der Waals surface area contributed by atoms with Crippen LogP contribution in [0.25, 0.3) is 0 Å². The first-order valence-electron chi connectivity index (χ1n) is 10.5. The Morgan fingerprint density at radius 3 is 2.39 bits per heavy atom. The molecule has 3 rings (SSSR count). The summed E-state index contributed by atoms with van der Waals surface area (Å²) in [5, 5.41) is 13.2. The zero-order valence-corrected chi connectivity index (χ0v) is 18.0. The third-order valence-electron chi connectivity index (χ3n) is 4.81. The third kappa shape index (κ3) is 6.86. The van der Waals surface area contributed by atoms with Gasteiger partial charge in [-0.2, -0.15) is 0 Å². The number of aliphatic hydroxyl groups is 1. The fourth-order valence-electron chi connectivity index (χ4n) is 3.12. The van der Waals surface area contributed by atoms with Crippen LogP contribution in [0.1, 0.15) is 41.3 Å². The molecule has 0 saturated carbocycles. The fraction of sp³-hybridized carbons (Fsp3) is 0.269. The largest absolute Gasteiger partial charge is 0.491 e. The summed E-state index contributed by atoms with van der Waals surface area (Å²) in [6.07, 6.45) is -0.796. The summed E-state index contributed by atoms with van der Waals surface area (Å²) in [4.78, 5) is 12.4. The molecule has 0 bridgehead atoms. The lowest BCUT2D eigenvalue weighted by atomic mass is 10.0. The average molecular weight is 420 g/mol. The Bertz CT molecular complexity index is 972. The van der Waals surface area contributed by atoms with Gasteiger partial charge in [0.15, 0.2) is 0 Å². The Labute approximate surface area is 183 Å². The molecule has 3 aromatic carbocycles. The lowest BCUT2D eigenvalue weighted by Gasteiger charge is -2.17. The molecule has 0 spiro atoms. The van der Waals surface area contributed by atoms with Crippen LogP contribution in [0.2, 0.25) is 0 Å². The van der Waals surface area contributed by atoms with Gasteiger partial charge in [0, 0.05) is 12.1 Å². The Balaban J connectivity index is 1.49. The maximum atomic E-state index is 12.4. The highest BCUT2D eigenvalue weighted by molar-refractivity contribution is 5.94. The lowest BCUT2D eigenvalue weighted by molar-refractivity contribution is 0.0622. The number of carbonyl (C=O) groups is 1. The third-order valence-corrected chi connectivity index (χ3v) is 4.81. The van der Waals surface area contributed by atoms with E-state index in [1.165, 1.54) is 0 Å². The Kier molecular flexibility index (Phi) is 8.07. The van der Waals surface area contributed by atoms with Crippen LogP contribution in [-0.2, 0) is 6.54 Å². The highest BCUT2D eigenvalue weighted by Crippen LogP contribution is 2.26. The summed E-state index contributed by atoms with van der Waals surface area (Å²) >= 11 is 0. The second kappa shape index (κ2) is 11.2. The predicted octanol–water partition coefficient (Wildman–Crippen LogP) is 4.56. The average Bonchev–Trinajstić information content (AvgIpc) is 2.80. The van der Waals surface area contributed by atoms with E-state index in [1.54, 1.807) is 24.3 Å². The van der Waals surface area contributed by atoms with Gasteiger partial charge in [0.25, 0.3) is 5.91 Å². The van der Waals surface area contributed by atoms with E-state index in [2.05, 4.69) is 19.2 Å². The molecule has 0 fully saturated rings. The normalized spacial score (nSPS) is 11.7. The molecular formula is C26H29NO4. The quantitative estimate of drug-likeness (QED) is 0.506. The second-order valence-corrected chi connectivity index (χ2v) is 7.66. The van der Waals surface area contributed by atoms with Gasteiger partial charge in [0.2, 0.25) is 0 Å². The molecule has 5 nitrogen and oxygen atoms in total. The van der Waals surface area contributed by atoms with E-state index in [4.69, 9.17) is 9.47 Å². The minimum atomic E-state index is -0.796. The van der Waals surface area contributed by atoms with Gasteiger partial charge >= 0.3 is 0 Å². The first kappa shape index (κ1) is 22.4. The summed E-state index contributed by atoms with van der Waals surface area (Å²) < 4.78 is 11.5. The maximum absolute atomic E-state index is 12.4. The van der Waals surface area contributed by atoms with Crippen LogP contribution in [0.5, 0.6) is 11.5 Å². The molecule has 3 aromatic rings. The van der Waals surface area contributed by atoms with Gasteiger partial charge in [-0.25, -0.2) is 0 Å². The summed E-state index contributed by atoms with van der Waals surface area (Å²) in [7, 11) is 0. The van der Waals surface area contributed by atoms with Crippen LogP contribution in [-0.4, -0.2) is 30.3 Å².